The lowest BCUT2D eigenvalue weighted by molar-refractivity contribution is -0.140. The summed E-state index contributed by atoms with van der Waals surface area (Å²) in [6, 6.07) is 10.1. The molecule has 2 rings (SSSR count). The molecule has 0 aliphatic heterocycles. The highest BCUT2D eigenvalue weighted by Crippen LogP contribution is 2.29. The van der Waals surface area contributed by atoms with Gasteiger partial charge >= 0.3 is 0 Å². The number of carbonyl (C=O) groups excluding carboxylic acids is 2. The van der Waals surface area contributed by atoms with Gasteiger partial charge in [-0.25, -0.2) is 0 Å². The monoisotopic (exact) mass is 480 g/mol. The van der Waals surface area contributed by atoms with Crippen LogP contribution in [-0.4, -0.2) is 43.5 Å². The summed E-state index contributed by atoms with van der Waals surface area (Å²) < 4.78 is 10.6. The van der Waals surface area contributed by atoms with E-state index in [1.54, 1.807) is 45.4 Å². The maximum Gasteiger partial charge on any atom is 0.242 e. The predicted octanol–water partition coefficient (Wildman–Crippen LogP) is 4.89. The van der Waals surface area contributed by atoms with E-state index in [1.807, 2.05) is 19.1 Å². The molecule has 2 amide bonds. The van der Waals surface area contributed by atoms with Crippen molar-refractivity contribution in [2.45, 2.75) is 45.7 Å². The summed E-state index contributed by atoms with van der Waals surface area (Å²) in [6.45, 7) is 4.37. The summed E-state index contributed by atoms with van der Waals surface area (Å²) in [5, 5.41) is 3.76. The number of aryl methyl sites for hydroxylation is 1. The van der Waals surface area contributed by atoms with E-state index in [4.69, 9.17) is 32.7 Å². The quantitative estimate of drug-likeness (QED) is 0.497. The van der Waals surface area contributed by atoms with Gasteiger partial charge in [0.1, 0.15) is 6.04 Å². The highest BCUT2D eigenvalue weighted by Gasteiger charge is 2.27. The molecular weight excluding hydrogens is 451 g/mol. The van der Waals surface area contributed by atoms with Crippen LogP contribution in [0.3, 0.4) is 0 Å². The van der Waals surface area contributed by atoms with Crippen molar-refractivity contribution in [3.05, 3.63) is 57.6 Å². The molecule has 6 nitrogen and oxygen atoms in total. The first-order chi connectivity index (χ1) is 15.3. The van der Waals surface area contributed by atoms with Crippen LogP contribution in [0.25, 0.3) is 0 Å². The first kappa shape index (κ1) is 25.8. The summed E-state index contributed by atoms with van der Waals surface area (Å²) >= 11 is 12.7. The Balaban J connectivity index is 2.22. The highest BCUT2D eigenvalue weighted by atomic mass is 35.5. The standard InChI is InChI=1S/C24H30Cl2N2O4/c1-5-13-27-24(30)16(2)28(15-18-19(25)7-6-8-20(18)26)23(29)12-10-17-9-11-21(31-3)22(14-17)32-4/h6-9,11,14,16H,5,10,12-13,15H2,1-4H3,(H,27,30)/t16-/m1/s1. The molecule has 0 aliphatic carbocycles. The lowest BCUT2D eigenvalue weighted by Crippen LogP contribution is -2.47. The highest BCUT2D eigenvalue weighted by molar-refractivity contribution is 6.36. The minimum atomic E-state index is -0.674. The molecule has 1 atom stereocenters. The molecule has 2 aromatic rings. The van der Waals surface area contributed by atoms with Crippen LogP contribution < -0.4 is 14.8 Å². The maximum absolute atomic E-state index is 13.2. The van der Waals surface area contributed by atoms with Crippen molar-refractivity contribution < 1.29 is 19.1 Å². The van der Waals surface area contributed by atoms with E-state index < -0.39 is 6.04 Å². The number of rotatable bonds is 11. The normalized spacial score (nSPS) is 11.6. The van der Waals surface area contributed by atoms with Crippen LogP contribution in [0.5, 0.6) is 11.5 Å². The van der Waals surface area contributed by atoms with Crippen LogP contribution >= 0.6 is 23.2 Å². The number of benzene rings is 2. The fourth-order valence-electron chi connectivity index (χ4n) is 3.26. The fourth-order valence-corrected chi connectivity index (χ4v) is 3.78. The van der Waals surface area contributed by atoms with Gasteiger partial charge in [-0.05, 0) is 49.6 Å². The Morgan fingerprint density at radius 1 is 1.06 bits per heavy atom. The van der Waals surface area contributed by atoms with Crippen molar-refractivity contribution in [3.8, 4) is 11.5 Å². The number of methoxy groups -OCH3 is 2. The fraction of sp³-hybridized carbons (Fsp3) is 0.417. The minimum Gasteiger partial charge on any atom is -0.493 e. The Kier molecular flexibility index (Phi) is 10.1. The average molecular weight is 481 g/mol. The number of ether oxygens (including phenoxy) is 2. The molecule has 0 saturated heterocycles. The van der Waals surface area contributed by atoms with Gasteiger partial charge in [0.05, 0.1) is 14.2 Å². The first-order valence-corrected chi connectivity index (χ1v) is 11.3. The van der Waals surface area contributed by atoms with E-state index in [0.29, 0.717) is 40.1 Å². The average Bonchev–Trinajstić information content (AvgIpc) is 2.80. The SMILES string of the molecule is CCCNC(=O)[C@@H](C)N(Cc1c(Cl)cccc1Cl)C(=O)CCc1ccc(OC)c(OC)c1. The zero-order valence-corrected chi connectivity index (χ0v) is 20.4. The molecule has 0 aromatic heterocycles. The van der Waals surface area contributed by atoms with Crippen molar-refractivity contribution >= 4 is 35.0 Å². The maximum atomic E-state index is 13.2. The Bertz CT molecular complexity index is 916. The van der Waals surface area contributed by atoms with Crippen molar-refractivity contribution in [2.75, 3.05) is 20.8 Å². The summed E-state index contributed by atoms with van der Waals surface area (Å²) in [5.74, 6) is 0.840. The number of carbonyl (C=O) groups is 2. The largest absolute Gasteiger partial charge is 0.493 e. The first-order valence-electron chi connectivity index (χ1n) is 10.5. The van der Waals surface area contributed by atoms with Gasteiger partial charge in [0.15, 0.2) is 11.5 Å². The number of amides is 2. The topological polar surface area (TPSA) is 67.9 Å². The molecule has 8 heteroatoms. The van der Waals surface area contributed by atoms with E-state index in [9.17, 15) is 9.59 Å². The van der Waals surface area contributed by atoms with E-state index in [1.165, 1.54) is 4.90 Å². The molecule has 32 heavy (non-hydrogen) atoms. The molecule has 0 spiro atoms. The van der Waals surface area contributed by atoms with Crippen molar-refractivity contribution in [1.29, 1.82) is 0 Å². The van der Waals surface area contributed by atoms with Gasteiger partial charge in [0, 0.05) is 35.1 Å². The second kappa shape index (κ2) is 12.6. The zero-order chi connectivity index (χ0) is 23.7. The number of hydrogen-bond acceptors (Lipinski definition) is 4. The second-order valence-corrected chi connectivity index (χ2v) is 8.19. The Morgan fingerprint density at radius 3 is 2.31 bits per heavy atom. The van der Waals surface area contributed by atoms with Gasteiger partial charge in [0.25, 0.3) is 0 Å². The van der Waals surface area contributed by atoms with Crippen molar-refractivity contribution in [3.63, 3.8) is 0 Å². The number of nitrogens with one attached hydrogen (secondary N) is 1. The molecule has 0 unspecified atom stereocenters. The van der Waals surface area contributed by atoms with E-state index in [2.05, 4.69) is 5.32 Å². The number of halogens is 2. The Hall–Kier alpha value is -2.44. The third-order valence-corrected chi connectivity index (χ3v) is 5.89. The summed E-state index contributed by atoms with van der Waals surface area (Å²) in [5.41, 5.74) is 1.54. The summed E-state index contributed by atoms with van der Waals surface area (Å²) in [7, 11) is 3.14. The molecule has 0 fully saturated rings. The summed E-state index contributed by atoms with van der Waals surface area (Å²) in [6.07, 6.45) is 1.50. The van der Waals surface area contributed by atoms with Crippen LogP contribution in [-0.2, 0) is 22.6 Å². The van der Waals surface area contributed by atoms with Gasteiger partial charge in [0.2, 0.25) is 11.8 Å². The third-order valence-electron chi connectivity index (χ3n) is 5.18. The van der Waals surface area contributed by atoms with E-state index >= 15 is 0 Å². The van der Waals surface area contributed by atoms with Crippen molar-refractivity contribution in [2.24, 2.45) is 0 Å². The molecule has 0 bridgehead atoms. The van der Waals surface area contributed by atoms with Gasteiger partial charge in [-0.3, -0.25) is 9.59 Å². The molecule has 174 valence electrons. The van der Waals surface area contributed by atoms with Gasteiger partial charge in [-0.15, -0.1) is 0 Å². The molecular formula is C24H30Cl2N2O4. The van der Waals surface area contributed by atoms with Crippen molar-refractivity contribution in [1.82, 2.24) is 10.2 Å². The summed E-state index contributed by atoms with van der Waals surface area (Å²) in [4.78, 5) is 27.4. The van der Waals surface area contributed by atoms with E-state index in [-0.39, 0.29) is 24.8 Å². The van der Waals surface area contributed by atoms with E-state index in [0.717, 1.165) is 12.0 Å². The Morgan fingerprint density at radius 2 is 1.72 bits per heavy atom. The van der Waals surface area contributed by atoms with Crippen LogP contribution in [0.15, 0.2) is 36.4 Å². The van der Waals surface area contributed by atoms with Gasteiger partial charge < -0.3 is 19.7 Å². The molecule has 0 heterocycles. The lowest BCUT2D eigenvalue weighted by Gasteiger charge is -2.29. The molecule has 0 saturated carbocycles. The Labute approximate surface area is 199 Å². The molecule has 1 N–H and O–H groups in total. The smallest absolute Gasteiger partial charge is 0.242 e. The predicted molar refractivity (Wildman–Crippen MR) is 128 cm³/mol. The van der Waals surface area contributed by atoms with Crippen LogP contribution in [0.4, 0.5) is 0 Å². The lowest BCUT2D eigenvalue weighted by atomic mass is 10.1. The van der Waals surface area contributed by atoms with Crippen LogP contribution in [0.2, 0.25) is 10.0 Å². The molecule has 2 aromatic carbocycles. The minimum absolute atomic E-state index is 0.143. The van der Waals surface area contributed by atoms with Gasteiger partial charge in [-0.1, -0.05) is 42.3 Å². The molecule has 0 radical (unpaired) electrons. The second-order valence-electron chi connectivity index (χ2n) is 7.38. The zero-order valence-electron chi connectivity index (χ0n) is 18.9. The van der Waals surface area contributed by atoms with Crippen LogP contribution in [0, 0.1) is 0 Å². The molecule has 0 aliphatic rings. The van der Waals surface area contributed by atoms with Gasteiger partial charge in [-0.2, -0.15) is 0 Å². The third kappa shape index (κ3) is 6.78. The van der Waals surface area contributed by atoms with Crippen LogP contribution in [0.1, 0.15) is 37.8 Å². The number of nitrogens with zero attached hydrogens (tertiary/aromatic N) is 1. The number of hydrogen-bond donors (Lipinski definition) is 1.